The summed E-state index contributed by atoms with van der Waals surface area (Å²) in [6.45, 7) is 5.12. The maximum atomic E-state index is 13.2. The summed E-state index contributed by atoms with van der Waals surface area (Å²) in [7, 11) is 0. The molecule has 0 aromatic heterocycles. The number of carbonyl (C=O) groups is 1. The molecule has 1 atom stereocenters. The summed E-state index contributed by atoms with van der Waals surface area (Å²) in [6, 6.07) is 6.47. The van der Waals surface area contributed by atoms with Crippen LogP contribution in [0, 0.1) is 11.7 Å². The van der Waals surface area contributed by atoms with Crippen molar-refractivity contribution in [2.24, 2.45) is 5.92 Å². The number of rotatable bonds is 5. The van der Waals surface area contributed by atoms with Gasteiger partial charge in [0.05, 0.1) is 0 Å². The molecule has 0 bridgehead atoms. The molecule has 4 heteroatoms. The Morgan fingerprint density at radius 1 is 1.50 bits per heavy atom. The molecule has 20 heavy (non-hydrogen) atoms. The number of amides is 1. The Kier molecular flexibility index (Phi) is 5.53. The van der Waals surface area contributed by atoms with Crippen LogP contribution in [0.3, 0.4) is 0 Å². The molecule has 1 heterocycles. The van der Waals surface area contributed by atoms with Gasteiger partial charge in [-0.3, -0.25) is 4.79 Å². The normalized spacial score (nSPS) is 18.8. The maximum Gasteiger partial charge on any atom is 0.223 e. The van der Waals surface area contributed by atoms with Gasteiger partial charge >= 0.3 is 0 Å². The molecular formula is C16H23FN2O. The fraction of sp³-hybridized carbons (Fsp3) is 0.562. The van der Waals surface area contributed by atoms with Crippen molar-refractivity contribution in [3.05, 3.63) is 35.6 Å². The number of hydrogen-bond acceptors (Lipinski definition) is 2. The Labute approximate surface area is 120 Å². The van der Waals surface area contributed by atoms with Crippen molar-refractivity contribution in [1.29, 1.82) is 0 Å². The number of carbonyl (C=O) groups excluding carboxylic acids is 1. The van der Waals surface area contributed by atoms with Gasteiger partial charge in [0.2, 0.25) is 5.91 Å². The topological polar surface area (TPSA) is 32.3 Å². The van der Waals surface area contributed by atoms with E-state index >= 15 is 0 Å². The molecular weight excluding hydrogens is 255 g/mol. The van der Waals surface area contributed by atoms with Crippen molar-refractivity contribution >= 4 is 5.91 Å². The Morgan fingerprint density at radius 3 is 3.00 bits per heavy atom. The van der Waals surface area contributed by atoms with E-state index in [0.29, 0.717) is 25.4 Å². The predicted molar refractivity (Wildman–Crippen MR) is 77.7 cm³/mol. The van der Waals surface area contributed by atoms with Gasteiger partial charge in [-0.25, -0.2) is 4.39 Å². The van der Waals surface area contributed by atoms with Crippen LogP contribution in [0.15, 0.2) is 24.3 Å². The molecule has 1 fully saturated rings. The van der Waals surface area contributed by atoms with Gasteiger partial charge in [0, 0.05) is 19.5 Å². The second kappa shape index (κ2) is 7.39. The second-order valence-corrected chi connectivity index (χ2v) is 5.45. The minimum Gasteiger partial charge on any atom is -0.339 e. The SMILES string of the molecule is CCN(Cc1cccc(F)c1)C(=O)CC1CCCNC1. The van der Waals surface area contributed by atoms with E-state index < -0.39 is 0 Å². The third kappa shape index (κ3) is 4.30. The first kappa shape index (κ1) is 15.0. The van der Waals surface area contributed by atoms with Crippen LogP contribution in [0.1, 0.15) is 31.7 Å². The smallest absolute Gasteiger partial charge is 0.223 e. The van der Waals surface area contributed by atoms with Gasteiger partial charge in [-0.05, 0) is 56.5 Å². The number of nitrogens with zero attached hydrogens (tertiary/aromatic N) is 1. The molecule has 0 spiro atoms. The first-order valence-electron chi connectivity index (χ1n) is 7.42. The third-order valence-corrected chi connectivity index (χ3v) is 3.86. The minimum absolute atomic E-state index is 0.172. The van der Waals surface area contributed by atoms with Crippen LogP contribution in [0.4, 0.5) is 4.39 Å². The third-order valence-electron chi connectivity index (χ3n) is 3.86. The van der Waals surface area contributed by atoms with Crippen LogP contribution >= 0.6 is 0 Å². The lowest BCUT2D eigenvalue weighted by molar-refractivity contribution is -0.132. The van der Waals surface area contributed by atoms with E-state index in [0.717, 1.165) is 31.5 Å². The number of hydrogen-bond donors (Lipinski definition) is 1. The first-order valence-corrected chi connectivity index (χ1v) is 7.42. The monoisotopic (exact) mass is 278 g/mol. The zero-order valence-corrected chi connectivity index (χ0v) is 12.1. The Morgan fingerprint density at radius 2 is 2.35 bits per heavy atom. The van der Waals surface area contributed by atoms with E-state index in [-0.39, 0.29) is 11.7 Å². The second-order valence-electron chi connectivity index (χ2n) is 5.45. The van der Waals surface area contributed by atoms with Gasteiger partial charge in [-0.15, -0.1) is 0 Å². The average molecular weight is 278 g/mol. The molecule has 1 aromatic rings. The van der Waals surface area contributed by atoms with Crippen molar-refractivity contribution in [3.8, 4) is 0 Å². The molecule has 3 nitrogen and oxygen atoms in total. The van der Waals surface area contributed by atoms with Gasteiger partial charge in [0.15, 0.2) is 0 Å². The van der Waals surface area contributed by atoms with E-state index in [2.05, 4.69) is 5.32 Å². The van der Waals surface area contributed by atoms with Crippen LogP contribution in [-0.2, 0) is 11.3 Å². The zero-order valence-electron chi connectivity index (χ0n) is 12.1. The summed E-state index contributed by atoms with van der Waals surface area (Å²) >= 11 is 0. The minimum atomic E-state index is -0.248. The number of halogens is 1. The molecule has 0 saturated carbocycles. The number of nitrogens with one attached hydrogen (secondary N) is 1. The summed E-state index contributed by atoms with van der Waals surface area (Å²) in [5, 5.41) is 3.33. The maximum absolute atomic E-state index is 13.2. The number of benzene rings is 1. The largest absolute Gasteiger partial charge is 0.339 e. The Balaban J connectivity index is 1.91. The summed E-state index contributed by atoms with van der Waals surface area (Å²) < 4.78 is 13.2. The highest BCUT2D eigenvalue weighted by Gasteiger charge is 2.20. The molecule has 0 radical (unpaired) electrons. The molecule has 1 N–H and O–H groups in total. The van der Waals surface area contributed by atoms with Crippen molar-refractivity contribution < 1.29 is 9.18 Å². The molecule has 1 aliphatic heterocycles. The molecule has 110 valence electrons. The molecule has 1 unspecified atom stereocenters. The Bertz CT molecular complexity index is 444. The number of piperidine rings is 1. The van der Waals surface area contributed by atoms with E-state index in [9.17, 15) is 9.18 Å². The molecule has 0 aliphatic carbocycles. The fourth-order valence-electron chi connectivity index (χ4n) is 2.71. The van der Waals surface area contributed by atoms with Crippen LogP contribution in [-0.4, -0.2) is 30.4 Å². The standard InChI is InChI=1S/C16H23FN2O/c1-2-19(12-14-5-3-7-15(17)9-14)16(20)10-13-6-4-8-18-11-13/h3,5,7,9,13,18H,2,4,6,8,10-12H2,1H3. The quantitative estimate of drug-likeness (QED) is 0.898. The van der Waals surface area contributed by atoms with Gasteiger partial charge in [0.25, 0.3) is 0 Å². The summed E-state index contributed by atoms with van der Waals surface area (Å²) in [5.74, 6) is 0.366. The van der Waals surface area contributed by atoms with E-state index in [4.69, 9.17) is 0 Å². The Hall–Kier alpha value is -1.42. The summed E-state index contributed by atoms with van der Waals surface area (Å²) in [6.07, 6.45) is 2.86. The highest BCUT2D eigenvalue weighted by atomic mass is 19.1. The molecule has 1 amide bonds. The highest BCUT2D eigenvalue weighted by molar-refractivity contribution is 5.76. The van der Waals surface area contributed by atoms with E-state index in [1.807, 2.05) is 17.9 Å². The summed E-state index contributed by atoms with van der Waals surface area (Å²) in [4.78, 5) is 14.1. The van der Waals surface area contributed by atoms with E-state index in [1.54, 1.807) is 6.07 Å². The van der Waals surface area contributed by atoms with Crippen LogP contribution < -0.4 is 5.32 Å². The van der Waals surface area contributed by atoms with E-state index in [1.165, 1.54) is 12.1 Å². The average Bonchev–Trinajstić information content (AvgIpc) is 2.46. The van der Waals surface area contributed by atoms with Crippen LogP contribution in [0.2, 0.25) is 0 Å². The lowest BCUT2D eigenvalue weighted by Gasteiger charge is -2.26. The van der Waals surface area contributed by atoms with Crippen LogP contribution in [0.25, 0.3) is 0 Å². The molecule has 1 saturated heterocycles. The van der Waals surface area contributed by atoms with Crippen molar-refractivity contribution in [2.45, 2.75) is 32.7 Å². The van der Waals surface area contributed by atoms with Crippen molar-refractivity contribution in [2.75, 3.05) is 19.6 Å². The van der Waals surface area contributed by atoms with Crippen LogP contribution in [0.5, 0.6) is 0 Å². The lowest BCUT2D eigenvalue weighted by Crippen LogP contribution is -2.36. The molecule has 2 rings (SSSR count). The van der Waals surface area contributed by atoms with Gasteiger partial charge in [-0.1, -0.05) is 12.1 Å². The fourth-order valence-corrected chi connectivity index (χ4v) is 2.71. The van der Waals surface area contributed by atoms with Gasteiger partial charge in [0.1, 0.15) is 5.82 Å². The van der Waals surface area contributed by atoms with Crippen molar-refractivity contribution in [1.82, 2.24) is 10.2 Å². The predicted octanol–water partition coefficient (Wildman–Crippen LogP) is 2.56. The first-order chi connectivity index (χ1) is 9.69. The summed E-state index contributed by atoms with van der Waals surface area (Å²) in [5.41, 5.74) is 0.849. The molecule has 1 aromatic carbocycles. The lowest BCUT2D eigenvalue weighted by atomic mass is 9.95. The highest BCUT2D eigenvalue weighted by Crippen LogP contribution is 2.16. The molecule has 1 aliphatic rings. The van der Waals surface area contributed by atoms with Gasteiger partial charge < -0.3 is 10.2 Å². The van der Waals surface area contributed by atoms with Crippen molar-refractivity contribution in [3.63, 3.8) is 0 Å². The van der Waals surface area contributed by atoms with Gasteiger partial charge in [-0.2, -0.15) is 0 Å². The zero-order chi connectivity index (χ0) is 14.4.